The molecule has 1 aromatic carbocycles. The Kier molecular flexibility index (Phi) is 5.86. The monoisotopic (exact) mass is 514 g/mol. The molecule has 0 unspecified atom stereocenters. The first-order chi connectivity index (χ1) is 18.7. The Bertz CT molecular complexity index is 1470. The normalized spacial score (nSPS) is 19.3. The zero-order chi connectivity index (χ0) is 25.5. The maximum absolute atomic E-state index is 5.84. The van der Waals surface area contributed by atoms with Crippen molar-refractivity contribution in [1.82, 2.24) is 24.3 Å². The number of benzene rings is 1. The Hall–Kier alpha value is -4.09. The molecule has 1 atom stereocenters. The second-order valence-electron chi connectivity index (χ2n) is 9.71. The summed E-state index contributed by atoms with van der Waals surface area (Å²) < 4.78 is 19.2. The standard InChI is InChI=1S/C27H30N8O3/c1-36-24-13-19(2-3-23(24)34-8-7-33-9-11-37-17-20(33)15-34)31-25-26-29-4-6-35(26)16-22(32-25)18-12-21-27(30-14-18)38-10-5-28-21/h2-4,6,12-14,16,20,28H,5,7-11,15,17H2,1H3,(H,31,32)/t20-/m0/s1. The third-order valence-corrected chi connectivity index (χ3v) is 7.40. The van der Waals surface area contributed by atoms with Gasteiger partial charge in [0.2, 0.25) is 5.88 Å². The molecule has 2 N–H and O–H groups in total. The number of hydrogen-bond acceptors (Lipinski definition) is 10. The van der Waals surface area contributed by atoms with E-state index in [1.54, 1.807) is 19.5 Å². The first kappa shape index (κ1) is 23.1. The minimum atomic E-state index is 0.417. The van der Waals surface area contributed by atoms with Gasteiger partial charge in [-0.25, -0.2) is 15.0 Å². The van der Waals surface area contributed by atoms with Gasteiger partial charge in [-0.3, -0.25) is 4.90 Å². The lowest BCUT2D eigenvalue weighted by Crippen LogP contribution is -2.58. The molecule has 4 aromatic rings. The van der Waals surface area contributed by atoms with E-state index in [9.17, 15) is 0 Å². The van der Waals surface area contributed by atoms with Crippen LogP contribution in [0.25, 0.3) is 16.9 Å². The average molecular weight is 515 g/mol. The van der Waals surface area contributed by atoms with Crippen LogP contribution >= 0.6 is 0 Å². The number of nitrogens with zero attached hydrogens (tertiary/aromatic N) is 6. The van der Waals surface area contributed by atoms with Crippen LogP contribution in [-0.2, 0) is 4.74 Å². The van der Waals surface area contributed by atoms with Crippen LogP contribution in [0.1, 0.15) is 0 Å². The van der Waals surface area contributed by atoms with Gasteiger partial charge >= 0.3 is 0 Å². The van der Waals surface area contributed by atoms with Crippen molar-refractivity contribution in [2.24, 2.45) is 0 Å². The SMILES string of the molecule is COc1cc(Nc2nc(-c3cnc4c(c3)NCCO4)cn3ccnc23)ccc1N1CCN2CCOC[C@@H]2C1. The van der Waals surface area contributed by atoms with Gasteiger partial charge in [-0.1, -0.05) is 0 Å². The van der Waals surface area contributed by atoms with Gasteiger partial charge < -0.3 is 34.1 Å². The molecule has 38 heavy (non-hydrogen) atoms. The minimum Gasteiger partial charge on any atom is -0.495 e. The molecule has 196 valence electrons. The molecule has 0 spiro atoms. The van der Waals surface area contributed by atoms with Gasteiger partial charge in [0.25, 0.3) is 0 Å². The van der Waals surface area contributed by atoms with Crippen molar-refractivity contribution in [3.63, 3.8) is 0 Å². The van der Waals surface area contributed by atoms with Crippen molar-refractivity contribution < 1.29 is 14.2 Å². The van der Waals surface area contributed by atoms with Crippen molar-refractivity contribution in [1.29, 1.82) is 0 Å². The number of anilines is 4. The van der Waals surface area contributed by atoms with E-state index in [1.807, 2.05) is 28.9 Å². The lowest BCUT2D eigenvalue weighted by atomic mass is 10.1. The molecule has 7 rings (SSSR count). The van der Waals surface area contributed by atoms with Crippen LogP contribution in [-0.4, -0.2) is 89.9 Å². The fourth-order valence-electron chi connectivity index (χ4n) is 5.44. The molecule has 2 saturated heterocycles. The summed E-state index contributed by atoms with van der Waals surface area (Å²) in [4.78, 5) is 18.8. The predicted molar refractivity (Wildman–Crippen MR) is 145 cm³/mol. The highest BCUT2D eigenvalue weighted by atomic mass is 16.5. The molecule has 0 radical (unpaired) electrons. The highest BCUT2D eigenvalue weighted by Crippen LogP contribution is 2.35. The lowest BCUT2D eigenvalue weighted by Gasteiger charge is -2.44. The van der Waals surface area contributed by atoms with Gasteiger partial charge in [-0.05, 0) is 18.2 Å². The quantitative estimate of drug-likeness (QED) is 0.413. The number of aromatic nitrogens is 4. The first-order valence-corrected chi connectivity index (χ1v) is 13.0. The number of imidazole rings is 1. The van der Waals surface area contributed by atoms with Gasteiger partial charge in [0.05, 0.1) is 43.4 Å². The molecule has 11 nitrogen and oxygen atoms in total. The largest absolute Gasteiger partial charge is 0.495 e. The maximum atomic E-state index is 5.84. The number of ether oxygens (including phenoxy) is 3. The second-order valence-corrected chi connectivity index (χ2v) is 9.71. The van der Waals surface area contributed by atoms with Crippen LogP contribution in [0.3, 0.4) is 0 Å². The molecule has 0 amide bonds. The van der Waals surface area contributed by atoms with E-state index in [2.05, 4.69) is 42.5 Å². The molecule has 6 heterocycles. The van der Waals surface area contributed by atoms with Crippen LogP contribution in [0.5, 0.6) is 11.6 Å². The summed E-state index contributed by atoms with van der Waals surface area (Å²) in [5.41, 5.74) is 5.23. The molecule has 0 bridgehead atoms. The van der Waals surface area contributed by atoms with Crippen LogP contribution in [0.15, 0.2) is 49.1 Å². The van der Waals surface area contributed by atoms with E-state index >= 15 is 0 Å². The van der Waals surface area contributed by atoms with Crippen molar-refractivity contribution in [2.75, 3.05) is 75.2 Å². The van der Waals surface area contributed by atoms with Crippen molar-refractivity contribution >= 4 is 28.5 Å². The van der Waals surface area contributed by atoms with Gasteiger partial charge in [0, 0.05) is 74.8 Å². The van der Waals surface area contributed by atoms with Crippen LogP contribution in [0.2, 0.25) is 0 Å². The van der Waals surface area contributed by atoms with Gasteiger partial charge in [-0.15, -0.1) is 0 Å². The summed E-state index contributed by atoms with van der Waals surface area (Å²) >= 11 is 0. The molecule has 0 saturated carbocycles. The Labute approximate surface area is 220 Å². The summed E-state index contributed by atoms with van der Waals surface area (Å²) in [6, 6.07) is 8.64. The van der Waals surface area contributed by atoms with Crippen LogP contribution < -0.4 is 25.0 Å². The van der Waals surface area contributed by atoms with Gasteiger partial charge in [0.1, 0.15) is 12.4 Å². The number of methoxy groups -OCH3 is 1. The fourth-order valence-corrected chi connectivity index (χ4v) is 5.44. The number of rotatable bonds is 5. The zero-order valence-corrected chi connectivity index (χ0v) is 21.3. The highest BCUT2D eigenvalue weighted by molar-refractivity contribution is 5.77. The fraction of sp³-hybridized carbons (Fsp3) is 0.370. The minimum absolute atomic E-state index is 0.417. The molecular formula is C27H30N8O3. The van der Waals surface area contributed by atoms with E-state index in [0.717, 1.165) is 85.7 Å². The lowest BCUT2D eigenvalue weighted by molar-refractivity contribution is -0.0117. The van der Waals surface area contributed by atoms with E-state index < -0.39 is 0 Å². The van der Waals surface area contributed by atoms with Crippen molar-refractivity contribution in [2.45, 2.75) is 6.04 Å². The summed E-state index contributed by atoms with van der Waals surface area (Å²) in [5, 5.41) is 6.82. The van der Waals surface area contributed by atoms with Crippen molar-refractivity contribution in [3.05, 3.63) is 49.1 Å². The number of nitrogens with one attached hydrogen (secondary N) is 2. The topological polar surface area (TPSA) is 101 Å². The Morgan fingerprint density at radius 3 is 3.05 bits per heavy atom. The van der Waals surface area contributed by atoms with Gasteiger partial charge in [0.15, 0.2) is 11.5 Å². The molecular weight excluding hydrogens is 484 g/mol. The predicted octanol–water partition coefficient (Wildman–Crippen LogP) is 2.87. The van der Waals surface area contributed by atoms with E-state index in [1.165, 1.54) is 0 Å². The number of pyridine rings is 1. The Morgan fingerprint density at radius 2 is 2.11 bits per heavy atom. The van der Waals surface area contributed by atoms with E-state index in [4.69, 9.17) is 19.2 Å². The number of piperazine rings is 1. The van der Waals surface area contributed by atoms with E-state index in [0.29, 0.717) is 24.3 Å². The summed E-state index contributed by atoms with van der Waals surface area (Å²) in [6.45, 7) is 6.91. The Balaban J connectivity index is 1.18. The first-order valence-electron chi connectivity index (χ1n) is 13.0. The van der Waals surface area contributed by atoms with E-state index in [-0.39, 0.29) is 0 Å². The highest BCUT2D eigenvalue weighted by Gasteiger charge is 2.30. The third-order valence-electron chi connectivity index (χ3n) is 7.40. The number of fused-ring (bicyclic) bond motifs is 3. The van der Waals surface area contributed by atoms with Crippen LogP contribution in [0.4, 0.5) is 22.9 Å². The van der Waals surface area contributed by atoms with Gasteiger partial charge in [-0.2, -0.15) is 0 Å². The molecule has 11 heteroatoms. The number of hydrogen-bond donors (Lipinski definition) is 2. The molecule has 3 aliphatic rings. The molecule has 3 aliphatic heterocycles. The second kappa shape index (κ2) is 9.66. The number of morpholine rings is 1. The summed E-state index contributed by atoms with van der Waals surface area (Å²) in [6.07, 6.45) is 7.43. The summed E-state index contributed by atoms with van der Waals surface area (Å²) in [7, 11) is 1.72. The molecule has 2 fully saturated rings. The molecule has 0 aliphatic carbocycles. The van der Waals surface area contributed by atoms with Crippen LogP contribution in [0, 0.1) is 0 Å². The third kappa shape index (κ3) is 4.23. The smallest absolute Gasteiger partial charge is 0.237 e. The Morgan fingerprint density at radius 1 is 1.13 bits per heavy atom. The zero-order valence-electron chi connectivity index (χ0n) is 21.3. The maximum Gasteiger partial charge on any atom is 0.237 e. The molecule has 3 aromatic heterocycles. The average Bonchev–Trinajstić information content (AvgIpc) is 3.46. The van der Waals surface area contributed by atoms with Crippen molar-refractivity contribution in [3.8, 4) is 22.9 Å². The summed E-state index contributed by atoms with van der Waals surface area (Å²) in [5.74, 6) is 2.09.